The minimum atomic E-state index is -0.337. The van der Waals surface area contributed by atoms with E-state index in [9.17, 15) is 9.90 Å². The molecule has 2 heterocycles. The fraction of sp³-hybridized carbons (Fsp3) is 0.467. The maximum absolute atomic E-state index is 12.2. The average Bonchev–Trinajstić information content (AvgIpc) is 3.46. The molecule has 5 heteroatoms. The molecule has 0 spiro atoms. The van der Waals surface area contributed by atoms with Gasteiger partial charge >= 0.3 is 0 Å². The van der Waals surface area contributed by atoms with Crippen LogP contribution in [0.3, 0.4) is 0 Å². The smallest absolute Gasteiger partial charge is 0.164 e. The number of fused-ring (bicyclic) bond motifs is 4. The monoisotopic (exact) mass is 853 g/mol. The minimum Gasteiger partial charge on any atom is -0.512 e. The molecule has 4 nitrogen and oxygen atoms in total. The number of carbonyl (C=O) groups excluding carboxylic acids is 1. The van der Waals surface area contributed by atoms with Gasteiger partial charge in [-0.3, -0.25) is 9.78 Å². The van der Waals surface area contributed by atoms with Gasteiger partial charge in [0.05, 0.1) is 0 Å². The molecule has 0 bridgehead atoms. The van der Waals surface area contributed by atoms with Gasteiger partial charge in [-0.2, -0.15) is 0 Å². The Morgan fingerprint density at radius 2 is 1.36 bits per heavy atom. The van der Waals surface area contributed by atoms with Crippen LogP contribution in [0.1, 0.15) is 120 Å². The fourth-order valence-corrected chi connectivity index (χ4v) is 6.35. The molecule has 0 aliphatic rings. The zero-order valence-electron chi connectivity index (χ0n) is 32.4. The first kappa shape index (κ1) is 41.2. The van der Waals surface area contributed by atoms with Crippen molar-refractivity contribution in [1.82, 2.24) is 4.98 Å². The number of hydrogen-bond donors (Lipinski definition) is 1. The molecule has 0 aliphatic heterocycles. The van der Waals surface area contributed by atoms with Crippen molar-refractivity contribution in [3.8, 4) is 11.3 Å². The molecule has 2 aromatic heterocycles. The van der Waals surface area contributed by atoms with Gasteiger partial charge in [0, 0.05) is 59.7 Å². The molecular formula is C45H58IrNO3-. The van der Waals surface area contributed by atoms with E-state index in [1.54, 1.807) is 0 Å². The van der Waals surface area contributed by atoms with Gasteiger partial charge in [-0.05, 0) is 54.6 Å². The number of benzene rings is 3. The largest absolute Gasteiger partial charge is 0.512 e. The van der Waals surface area contributed by atoms with Crippen molar-refractivity contribution in [2.24, 2.45) is 16.2 Å². The predicted octanol–water partition coefficient (Wildman–Crippen LogP) is 13.1. The van der Waals surface area contributed by atoms with E-state index in [-0.39, 0.29) is 53.3 Å². The van der Waals surface area contributed by atoms with Gasteiger partial charge in [0.1, 0.15) is 16.9 Å². The summed E-state index contributed by atoms with van der Waals surface area (Å²) in [7, 11) is 0. The standard InChI is InChI=1S/C30H30NO.C15H28O2.Ir/c1-29(2,3)18-20-11-9-13-23-24-14-15-31-26(28(24)32-27(20)23)21-16-19-10-7-8-12-22(19)25(17-21)30(4,5)6;1-7-14(5,8-2)12(16)11-13(17)15(6,9-3)10-4;/h7-15,17H,18H2,1-6H3;11,16H,7-10H2,1-6H3;/q-1;;/b;12-11-;. The number of aliphatic hydroxyl groups excluding tert-OH is 1. The number of hydrogen-bond acceptors (Lipinski definition) is 4. The molecule has 3 aromatic carbocycles. The number of aromatic nitrogens is 1. The van der Waals surface area contributed by atoms with E-state index in [0.29, 0.717) is 0 Å². The number of pyridine rings is 1. The first-order chi connectivity index (χ1) is 22.9. The summed E-state index contributed by atoms with van der Waals surface area (Å²) in [6.07, 6.45) is 7.61. The molecule has 271 valence electrons. The summed E-state index contributed by atoms with van der Waals surface area (Å²) in [5.41, 5.74) is 5.79. The first-order valence-electron chi connectivity index (χ1n) is 18.1. The topological polar surface area (TPSA) is 63.3 Å². The van der Waals surface area contributed by atoms with Crippen LogP contribution < -0.4 is 0 Å². The van der Waals surface area contributed by atoms with Gasteiger partial charge in [0.25, 0.3) is 0 Å². The van der Waals surface area contributed by atoms with E-state index in [4.69, 9.17) is 9.40 Å². The Bertz CT molecular complexity index is 1960. The van der Waals surface area contributed by atoms with Crippen molar-refractivity contribution in [1.29, 1.82) is 0 Å². The number of aliphatic hydroxyl groups is 1. The van der Waals surface area contributed by atoms with Crippen LogP contribution in [0, 0.1) is 22.3 Å². The molecule has 0 saturated carbocycles. The molecule has 1 N–H and O–H groups in total. The van der Waals surface area contributed by atoms with Gasteiger partial charge in [-0.1, -0.05) is 130 Å². The second-order valence-electron chi connectivity index (χ2n) is 16.5. The van der Waals surface area contributed by atoms with Crippen molar-refractivity contribution in [3.63, 3.8) is 0 Å². The molecule has 50 heavy (non-hydrogen) atoms. The summed E-state index contributed by atoms with van der Waals surface area (Å²) in [5, 5.41) is 14.8. The van der Waals surface area contributed by atoms with Crippen molar-refractivity contribution >= 4 is 38.5 Å². The summed E-state index contributed by atoms with van der Waals surface area (Å²) < 4.78 is 6.57. The fourth-order valence-electron chi connectivity index (χ4n) is 6.35. The van der Waals surface area contributed by atoms with Gasteiger partial charge in [-0.25, -0.2) is 0 Å². The number of allylic oxidation sites excluding steroid dienone is 2. The number of rotatable bonds is 9. The molecule has 5 rings (SSSR count). The third-order valence-corrected chi connectivity index (χ3v) is 10.7. The summed E-state index contributed by atoms with van der Waals surface area (Å²) in [6.45, 7) is 25.6. The van der Waals surface area contributed by atoms with Crippen molar-refractivity contribution in [2.45, 2.75) is 121 Å². The van der Waals surface area contributed by atoms with Crippen molar-refractivity contribution < 1.29 is 34.4 Å². The Morgan fingerprint density at radius 3 is 1.94 bits per heavy atom. The second-order valence-corrected chi connectivity index (χ2v) is 16.5. The Morgan fingerprint density at radius 1 is 0.780 bits per heavy atom. The molecule has 0 atom stereocenters. The first-order valence-corrected chi connectivity index (χ1v) is 18.1. The van der Waals surface area contributed by atoms with E-state index < -0.39 is 0 Å². The third-order valence-electron chi connectivity index (χ3n) is 10.7. The molecular weight excluding hydrogens is 795 g/mol. The number of para-hydroxylation sites is 1. The van der Waals surface area contributed by atoms with Gasteiger partial charge in [0.2, 0.25) is 0 Å². The minimum absolute atomic E-state index is 0. The van der Waals surface area contributed by atoms with Crippen LogP contribution in [0.5, 0.6) is 0 Å². The SMILES string of the molecule is CC(C)(C)Cc1cccc2c1oc1c(-c3[c-]c4ccccc4c(C(C)(C)C)c3)nccc12.CCC(C)(CC)C(=O)/C=C(\O)C(C)(CC)CC.[Ir]. The summed E-state index contributed by atoms with van der Waals surface area (Å²) in [6, 6.07) is 22.9. The van der Waals surface area contributed by atoms with E-state index in [2.05, 4.69) is 102 Å². The van der Waals surface area contributed by atoms with Crippen LogP contribution in [0.15, 0.2) is 77.0 Å². The van der Waals surface area contributed by atoms with Crippen LogP contribution in [0.4, 0.5) is 0 Å². The van der Waals surface area contributed by atoms with Gasteiger partial charge in [-0.15, -0.1) is 29.1 Å². The zero-order valence-corrected chi connectivity index (χ0v) is 34.8. The number of ketones is 1. The van der Waals surface area contributed by atoms with Crippen LogP contribution >= 0.6 is 0 Å². The molecule has 0 fully saturated rings. The molecule has 1 radical (unpaired) electrons. The maximum Gasteiger partial charge on any atom is 0.164 e. The number of furan rings is 1. The van der Waals surface area contributed by atoms with Crippen LogP contribution in [0.2, 0.25) is 0 Å². The molecule has 0 unspecified atom stereocenters. The Balaban J connectivity index is 0.000000323. The summed E-state index contributed by atoms with van der Waals surface area (Å²) in [4.78, 5) is 17.0. The van der Waals surface area contributed by atoms with E-state index >= 15 is 0 Å². The Hall–Kier alpha value is -3.27. The third kappa shape index (κ3) is 8.77. The van der Waals surface area contributed by atoms with E-state index in [1.807, 2.05) is 47.7 Å². The number of nitrogens with zero attached hydrogens (tertiary/aromatic N) is 1. The van der Waals surface area contributed by atoms with E-state index in [1.165, 1.54) is 22.6 Å². The number of carbonyl (C=O) groups is 1. The Labute approximate surface area is 314 Å². The van der Waals surface area contributed by atoms with Crippen LogP contribution in [-0.4, -0.2) is 15.9 Å². The molecule has 0 saturated heterocycles. The summed E-state index contributed by atoms with van der Waals surface area (Å²) >= 11 is 0. The van der Waals surface area contributed by atoms with Gasteiger partial charge in [0.15, 0.2) is 5.78 Å². The summed E-state index contributed by atoms with van der Waals surface area (Å²) in [5.74, 6) is 0.286. The van der Waals surface area contributed by atoms with E-state index in [0.717, 1.165) is 70.7 Å². The normalized spacial score (nSPS) is 12.9. The molecule has 0 amide bonds. The van der Waals surface area contributed by atoms with Gasteiger partial charge < -0.3 is 9.52 Å². The molecule has 5 aromatic rings. The second kappa shape index (κ2) is 16.0. The zero-order chi connectivity index (χ0) is 36.4. The van der Waals surface area contributed by atoms with Crippen molar-refractivity contribution in [2.75, 3.05) is 0 Å². The van der Waals surface area contributed by atoms with Crippen molar-refractivity contribution in [3.05, 3.63) is 89.8 Å². The van der Waals surface area contributed by atoms with Crippen LogP contribution in [0.25, 0.3) is 44.0 Å². The molecule has 0 aliphatic carbocycles. The maximum atomic E-state index is 12.2. The Kier molecular flexibility index (Phi) is 13.1. The predicted molar refractivity (Wildman–Crippen MR) is 208 cm³/mol. The average molecular weight is 853 g/mol. The van der Waals surface area contributed by atoms with Crippen LogP contribution in [-0.2, 0) is 36.7 Å². The quantitative estimate of drug-likeness (QED) is 0.0911.